The van der Waals surface area contributed by atoms with Gasteiger partial charge in [-0.25, -0.2) is 0 Å². The summed E-state index contributed by atoms with van der Waals surface area (Å²) in [5.74, 6) is -14.4. The smallest absolute Gasteiger partial charge is 0.305 e. The number of aliphatic carboxylic acids is 3. The van der Waals surface area contributed by atoms with Crippen molar-refractivity contribution in [2.75, 3.05) is 6.54 Å². The highest BCUT2D eigenvalue weighted by Gasteiger charge is 2.36. The Morgan fingerprint density at radius 3 is 1.35 bits per heavy atom. The minimum absolute atomic E-state index is 0.0706. The quantitative estimate of drug-likeness (QED) is 0.0352. The fourth-order valence-corrected chi connectivity index (χ4v) is 7.95. The summed E-state index contributed by atoms with van der Waals surface area (Å²) in [5, 5.41) is 60.7. The zero-order valence-corrected chi connectivity index (χ0v) is 45.6. The highest BCUT2D eigenvalue weighted by atomic mass is 16.4. The van der Waals surface area contributed by atoms with Crippen LogP contribution in [0.15, 0.2) is 60.7 Å². The Balaban J connectivity index is 2.38. The van der Waals surface area contributed by atoms with Gasteiger partial charge in [0.15, 0.2) is 0 Å². The lowest BCUT2D eigenvalue weighted by molar-refractivity contribution is -0.142. The molecule has 0 heterocycles. The standard InChI is InChI=1S/C53H76N10O17/c1-28(2)23-37(46(54)73)60-51(78)39(25-33-15-11-8-12-16-33)61-47(74)34(19-21-42(67)68)57-41(66)27-55-53(80)45(30(5)64)63-49(76)35(18-17-32-13-9-7-10-14-32)58-48(75)36(20-22-43(69)70)59-52(79)40(26-44(71)72)62-50(77)38(24-29(3)4)56-31(6)65/h7-16,28-30,34-40,45,64H,17-27H2,1-6H3,(H2,54,73)(H,55,80)(H,56,65)(H,57,66)(H,58,75)(H,59,79)(H,60,78)(H,61,74)(H,62,77)(H,63,76)(H,67,68)(H,69,70)(H,71,72)/t30-,34+,35+,36+,37+,38+,39+,40+,45+/m1/s1. The van der Waals surface area contributed by atoms with Crippen molar-refractivity contribution in [1.29, 1.82) is 0 Å². The summed E-state index contributed by atoms with van der Waals surface area (Å²) in [6, 6.07) is 4.53. The maximum absolute atomic E-state index is 14.1. The van der Waals surface area contributed by atoms with Gasteiger partial charge in [0.05, 0.1) is 19.1 Å². The molecule has 10 amide bonds. The summed E-state index contributed by atoms with van der Waals surface area (Å²) in [7, 11) is 0. The van der Waals surface area contributed by atoms with Crippen molar-refractivity contribution in [3.63, 3.8) is 0 Å². The van der Waals surface area contributed by atoms with Crippen LogP contribution in [0.25, 0.3) is 0 Å². The monoisotopic (exact) mass is 1120 g/mol. The van der Waals surface area contributed by atoms with Crippen LogP contribution in [0, 0.1) is 11.8 Å². The maximum atomic E-state index is 14.1. The van der Waals surface area contributed by atoms with E-state index in [1.165, 1.54) is 0 Å². The van der Waals surface area contributed by atoms with Crippen molar-refractivity contribution in [3.05, 3.63) is 71.8 Å². The molecule has 0 spiro atoms. The molecule has 9 atom stereocenters. The van der Waals surface area contributed by atoms with E-state index in [4.69, 9.17) is 5.73 Å². The van der Waals surface area contributed by atoms with E-state index in [1.54, 1.807) is 88.4 Å². The molecule has 0 radical (unpaired) electrons. The van der Waals surface area contributed by atoms with Crippen LogP contribution >= 0.6 is 0 Å². The normalized spacial score (nSPS) is 14.4. The summed E-state index contributed by atoms with van der Waals surface area (Å²) < 4.78 is 0. The molecule has 0 aromatic heterocycles. The molecule has 440 valence electrons. The lowest BCUT2D eigenvalue weighted by Crippen LogP contribution is -2.61. The van der Waals surface area contributed by atoms with Gasteiger partial charge in [0.1, 0.15) is 48.3 Å². The molecule has 0 saturated heterocycles. The number of carbonyl (C=O) groups excluding carboxylic acids is 10. The fourth-order valence-electron chi connectivity index (χ4n) is 7.95. The first-order valence-corrected chi connectivity index (χ1v) is 25.9. The van der Waals surface area contributed by atoms with Gasteiger partial charge in [0.2, 0.25) is 59.1 Å². The maximum Gasteiger partial charge on any atom is 0.305 e. The van der Waals surface area contributed by atoms with Crippen LogP contribution in [0.2, 0.25) is 0 Å². The van der Waals surface area contributed by atoms with Gasteiger partial charge in [-0.15, -0.1) is 0 Å². The molecule has 80 heavy (non-hydrogen) atoms. The third-order valence-corrected chi connectivity index (χ3v) is 12.0. The second kappa shape index (κ2) is 34.4. The predicted octanol–water partition coefficient (Wildman–Crippen LogP) is -1.96. The summed E-state index contributed by atoms with van der Waals surface area (Å²) in [6.07, 6.45) is -5.17. The third kappa shape index (κ3) is 26.2. The van der Waals surface area contributed by atoms with Crippen LogP contribution in [0.1, 0.15) is 104 Å². The van der Waals surface area contributed by atoms with E-state index >= 15 is 0 Å². The Morgan fingerprint density at radius 2 is 0.875 bits per heavy atom. The van der Waals surface area contributed by atoms with E-state index in [-0.39, 0.29) is 43.9 Å². The lowest BCUT2D eigenvalue weighted by Gasteiger charge is -2.27. The van der Waals surface area contributed by atoms with Crippen LogP contribution in [0.3, 0.4) is 0 Å². The highest BCUT2D eigenvalue weighted by molar-refractivity contribution is 5.99. The van der Waals surface area contributed by atoms with Gasteiger partial charge in [0, 0.05) is 26.2 Å². The number of carboxylic acids is 3. The number of hydrogen-bond acceptors (Lipinski definition) is 14. The first-order valence-electron chi connectivity index (χ1n) is 25.9. The van der Waals surface area contributed by atoms with Crippen molar-refractivity contribution >= 4 is 77.0 Å². The first-order chi connectivity index (χ1) is 37.6. The Hall–Kier alpha value is -8.49. The van der Waals surface area contributed by atoms with E-state index in [2.05, 4.69) is 47.9 Å². The average Bonchev–Trinajstić information content (AvgIpc) is 3.37. The molecular weight excluding hydrogens is 1050 g/mol. The number of amides is 10. The van der Waals surface area contributed by atoms with Gasteiger partial charge in [-0.05, 0) is 68.4 Å². The van der Waals surface area contributed by atoms with Crippen LogP contribution in [-0.2, 0) is 75.2 Å². The molecule has 0 aliphatic rings. The molecule has 27 heteroatoms. The summed E-state index contributed by atoms with van der Waals surface area (Å²) in [5.41, 5.74) is 6.79. The molecule has 2 rings (SSSR count). The van der Waals surface area contributed by atoms with Crippen LogP contribution in [0.5, 0.6) is 0 Å². The van der Waals surface area contributed by atoms with E-state index in [9.17, 15) is 82.8 Å². The molecule has 2 aromatic rings. The van der Waals surface area contributed by atoms with Crippen molar-refractivity contribution in [1.82, 2.24) is 47.9 Å². The van der Waals surface area contributed by atoms with Crippen LogP contribution in [0.4, 0.5) is 0 Å². The minimum atomic E-state index is -1.85. The number of primary amides is 1. The van der Waals surface area contributed by atoms with Crippen molar-refractivity contribution in [3.8, 4) is 0 Å². The SMILES string of the molecule is CC(=O)N[C@@H](CC(C)C)C(=O)N[C@@H](CC(=O)O)C(=O)N[C@@H](CCC(=O)O)C(=O)N[C@@H](CCc1ccccc1)C(=O)N[C@H](C(=O)NCC(=O)N[C@@H](CCC(=O)O)C(=O)N[C@@H](Cc1ccccc1)C(=O)N[C@@H](CC(C)C)C(N)=O)[C@@H](C)O. The predicted molar refractivity (Wildman–Crippen MR) is 285 cm³/mol. The molecule has 0 fully saturated rings. The molecule has 0 saturated carbocycles. The largest absolute Gasteiger partial charge is 0.481 e. The minimum Gasteiger partial charge on any atom is -0.481 e. The Kier molecular flexibility index (Phi) is 29.1. The number of hydrogen-bond donors (Lipinski definition) is 14. The third-order valence-electron chi connectivity index (χ3n) is 12.0. The molecule has 0 aliphatic heterocycles. The Bertz CT molecular complexity index is 2480. The van der Waals surface area contributed by atoms with Crippen LogP contribution < -0.4 is 53.6 Å². The van der Waals surface area contributed by atoms with Crippen molar-refractivity contribution in [2.45, 2.75) is 160 Å². The van der Waals surface area contributed by atoms with Gasteiger partial charge in [0.25, 0.3) is 0 Å². The van der Waals surface area contributed by atoms with Gasteiger partial charge >= 0.3 is 17.9 Å². The molecule has 27 nitrogen and oxygen atoms in total. The highest BCUT2D eigenvalue weighted by Crippen LogP contribution is 2.12. The van der Waals surface area contributed by atoms with Gasteiger partial charge in [-0.3, -0.25) is 62.3 Å². The zero-order chi connectivity index (χ0) is 60.2. The van der Waals surface area contributed by atoms with E-state index in [0.717, 1.165) is 13.8 Å². The molecule has 0 bridgehead atoms. The second-order valence-corrected chi connectivity index (χ2v) is 20.0. The van der Waals surface area contributed by atoms with Gasteiger partial charge < -0.3 is 74.0 Å². The van der Waals surface area contributed by atoms with Gasteiger partial charge in [-0.1, -0.05) is 88.4 Å². The Labute approximate surface area is 462 Å². The average molecular weight is 1130 g/mol. The first kappa shape index (κ1) is 67.6. The number of aliphatic hydroxyl groups excluding tert-OH is 1. The number of carbonyl (C=O) groups is 13. The van der Waals surface area contributed by atoms with Crippen LogP contribution in [-0.4, -0.2) is 158 Å². The number of nitrogens with one attached hydrogen (secondary N) is 9. The molecule has 15 N–H and O–H groups in total. The molecule has 0 aliphatic carbocycles. The number of carboxylic acid groups (broad SMARTS) is 3. The number of benzene rings is 2. The van der Waals surface area contributed by atoms with E-state index in [1.807, 2.05) is 0 Å². The van der Waals surface area contributed by atoms with E-state index in [0.29, 0.717) is 11.1 Å². The fraction of sp³-hybridized carbons (Fsp3) is 0.528. The molecular formula is C53H76N10O17. The lowest BCUT2D eigenvalue weighted by atomic mass is 10.0. The zero-order valence-electron chi connectivity index (χ0n) is 45.6. The second-order valence-electron chi connectivity index (χ2n) is 20.0. The van der Waals surface area contributed by atoms with Crippen molar-refractivity contribution < 1.29 is 82.8 Å². The Morgan fingerprint density at radius 1 is 0.463 bits per heavy atom. The summed E-state index contributed by atoms with van der Waals surface area (Å²) in [4.78, 5) is 169. The van der Waals surface area contributed by atoms with Crippen molar-refractivity contribution in [2.24, 2.45) is 17.6 Å². The topological polar surface area (TPSA) is 437 Å². The molecule has 2 aromatic carbocycles. The number of aryl methyl sites for hydroxylation is 1. The summed E-state index contributed by atoms with van der Waals surface area (Å²) >= 11 is 0. The summed E-state index contributed by atoms with van der Waals surface area (Å²) in [6.45, 7) is 8.41. The van der Waals surface area contributed by atoms with Gasteiger partial charge in [-0.2, -0.15) is 0 Å². The number of rotatable bonds is 36. The number of aliphatic hydroxyl groups is 1. The van der Waals surface area contributed by atoms with E-state index < -0.39 is 170 Å². The molecule has 0 unspecified atom stereocenters. The number of nitrogens with two attached hydrogens (primary N) is 1.